The van der Waals surface area contributed by atoms with Crippen LogP contribution in [-0.2, 0) is 14.3 Å². The summed E-state index contributed by atoms with van der Waals surface area (Å²) in [6.45, 7) is 5.51. The second kappa shape index (κ2) is 14.4. The van der Waals surface area contributed by atoms with Crippen LogP contribution in [0.1, 0.15) is 58.8 Å². The minimum Gasteiger partial charge on any atom is -0.353 e. The molecule has 29 heavy (non-hydrogen) atoms. The largest absolute Gasteiger partial charge is 0.353 e. The lowest BCUT2D eigenvalue weighted by Gasteiger charge is -2.22. The number of carbonyl (C=O) groups is 1. The van der Waals surface area contributed by atoms with E-state index in [2.05, 4.69) is 29.0 Å². The maximum atomic E-state index is 12.0. The monoisotopic (exact) mass is 415 g/mol. The summed E-state index contributed by atoms with van der Waals surface area (Å²) in [6, 6.07) is 10.3. The number of ether oxygens (including phenoxy) is 2. The van der Waals surface area contributed by atoms with Crippen LogP contribution in [-0.4, -0.2) is 36.9 Å². The molecule has 4 nitrogen and oxygen atoms in total. The van der Waals surface area contributed by atoms with Crippen molar-refractivity contribution in [2.75, 3.05) is 13.2 Å². The standard InChI is InChI=1S/C24H33NO3S/c1-3-20(4-2)24(26)25-17-10-14-22(29-21-12-6-5-7-13-21)15-11-19-28-23-16-8-9-18-27-23/h5-7,12-13,17,20,22-23H,3-4,8-9,11,15-16,18-19H2,1-2H3. The summed E-state index contributed by atoms with van der Waals surface area (Å²) < 4.78 is 11.5. The van der Waals surface area contributed by atoms with Crippen molar-refractivity contribution in [1.29, 1.82) is 0 Å². The molecule has 0 saturated carbocycles. The molecule has 2 atom stereocenters. The Balaban J connectivity index is 1.86. The zero-order valence-corrected chi connectivity index (χ0v) is 18.5. The molecule has 1 aromatic rings. The molecule has 2 rings (SSSR count). The highest BCUT2D eigenvalue weighted by Gasteiger charge is 2.14. The molecule has 0 bridgehead atoms. The summed E-state index contributed by atoms with van der Waals surface area (Å²) in [5.41, 5.74) is 0. The number of thioether (sulfide) groups is 1. The second-order valence-corrected chi connectivity index (χ2v) is 8.40. The molecule has 1 aliphatic rings. The van der Waals surface area contributed by atoms with Crippen LogP contribution in [0.5, 0.6) is 0 Å². The van der Waals surface area contributed by atoms with Gasteiger partial charge in [0.25, 0.3) is 0 Å². The van der Waals surface area contributed by atoms with Gasteiger partial charge in [-0.3, -0.25) is 4.79 Å². The Kier molecular flexibility index (Phi) is 11.7. The molecule has 0 spiro atoms. The predicted octanol–water partition coefficient (Wildman–Crippen LogP) is 5.51. The highest BCUT2D eigenvalue weighted by Crippen LogP contribution is 2.26. The number of nitrogens with zero attached hydrogens (tertiary/aromatic N) is 1. The van der Waals surface area contributed by atoms with Gasteiger partial charge in [0.2, 0.25) is 5.91 Å². The summed E-state index contributed by atoms with van der Waals surface area (Å²) >= 11 is 1.74. The van der Waals surface area contributed by atoms with Gasteiger partial charge < -0.3 is 9.47 Å². The fraction of sp³-hybridized carbons (Fsp3) is 0.583. The number of amides is 1. The Bertz CT molecular complexity index is 670. The van der Waals surface area contributed by atoms with E-state index in [0.29, 0.717) is 6.61 Å². The Labute approximate surface area is 179 Å². The first-order valence-corrected chi connectivity index (χ1v) is 11.6. The lowest BCUT2D eigenvalue weighted by atomic mass is 10.0. The third-order valence-electron chi connectivity index (χ3n) is 4.91. The van der Waals surface area contributed by atoms with E-state index in [1.54, 1.807) is 11.8 Å². The van der Waals surface area contributed by atoms with Crippen molar-refractivity contribution in [2.45, 2.75) is 75.2 Å². The van der Waals surface area contributed by atoms with E-state index >= 15 is 0 Å². The van der Waals surface area contributed by atoms with Gasteiger partial charge in [-0.25, -0.2) is 4.99 Å². The minimum atomic E-state index is -0.0718. The van der Waals surface area contributed by atoms with Crippen LogP contribution in [0.4, 0.5) is 0 Å². The fourth-order valence-electron chi connectivity index (χ4n) is 3.12. The van der Waals surface area contributed by atoms with Gasteiger partial charge in [-0.1, -0.05) is 43.9 Å². The number of rotatable bonds is 10. The van der Waals surface area contributed by atoms with E-state index in [-0.39, 0.29) is 23.4 Å². The SMILES string of the molecule is CCC(CC)C(=O)N=CC#CC(CCCOC1CCCCO1)Sc1ccccc1. The maximum absolute atomic E-state index is 12.0. The normalized spacial score (nSPS) is 17.8. The topological polar surface area (TPSA) is 47.9 Å². The highest BCUT2D eigenvalue weighted by molar-refractivity contribution is 8.00. The first-order chi connectivity index (χ1) is 14.2. The minimum absolute atomic E-state index is 0.00157. The summed E-state index contributed by atoms with van der Waals surface area (Å²) in [5.74, 6) is 6.17. The molecule has 1 heterocycles. The molecule has 1 saturated heterocycles. The summed E-state index contributed by atoms with van der Waals surface area (Å²) in [6.07, 6.45) is 8.18. The molecule has 0 aromatic heterocycles. The molecule has 0 aliphatic carbocycles. The number of hydrogen-bond donors (Lipinski definition) is 0. The van der Waals surface area contributed by atoms with Crippen LogP contribution in [0.3, 0.4) is 0 Å². The van der Waals surface area contributed by atoms with Crippen LogP contribution in [0.25, 0.3) is 0 Å². The zero-order chi connectivity index (χ0) is 20.7. The van der Waals surface area contributed by atoms with Gasteiger partial charge in [0, 0.05) is 24.0 Å². The van der Waals surface area contributed by atoms with Gasteiger partial charge in [-0.2, -0.15) is 0 Å². The van der Waals surface area contributed by atoms with E-state index in [1.165, 1.54) is 17.5 Å². The summed E-state index contributed by atoms with van der Waals surface area (Å²) in [5, 5.41) is 0.128. The molecule has 1 amide bonds. The van der Waals surface area contributed by atoms with Gasteiger partial charge in [0.1, 0.15) is 0 Å². The molecule has 1 aliphatic heterocycles. The third-order valence-corrected chi connectivity index (χ3v) is 6.09. The van der Waals surface area contributed by atoms with Gasteiger partial charge in [-0.15, -0.1) is 11.8 Å². The Morgan fingerprint density at radius 2 is 2.10 bits per heavy atom. The van der Waals surface area contributed by atoms with Crippen LogP contribution in [0.15, 0.2) is 40.2 Å². The van der Waals surface area contributed by atoms with Crippen LogP contribution >= 0.6 is 11.8 Å². The molecule has 5 heteroatoms. The van der Waals surface area contributed by atoms with Crippen molar-refractivity contribution < 1.29 is 14.3 Å². The first kappa shape index (κ1) is 23.7. The van der Waals surface area contributed by atoms with Crippen molar-refractivity contribution in [3.63, 3.8) is 0 Å². The Hall–Kier alpha value is -1.61. The van der Waals surface area contributed by atoms with Crippen molar-refractivity contribution in [2.24, 2.45) is 10.9 Å². The number of benzene rings is 1. The predicted molar refractivity (Wildman–Crippen MR) is 120 cm³/mol. The van der Waals surface area contributed by atoms with Crippen LogP contribution < -0.4 is 0 Å². The first-order valence-electron chi connectivity index (χ1n) is 10.7. The van der Waals surface area contributed by atoms with Crippen molar-refractivity contribution in [3.8, 4) is 11.8 Å². The summed E-state index contributed by atoms with van der Waals surface area (Å²) in [7, 11) is 0. The van der Waals surface area contributed by atoms with Gasteiger partial charge in [0.15, 0.2) is 6.29 Å². The van der Waals surface area contributed by atoms with Gasteiger partial charge in [-0.05, 0) is 57.1 Å². The quantitative estimate of drug-likeness (QED) is 0.219. The molecule has 1 aromatic carbocycles. The van der Waals surface area contributed by atoms with E-state index < -0.39 is 0 Å². The lowest BCUT2D eigenvalue weighted by Crippen LogP contribution is -2.22. The van der Waals surface area contributed by atoms with Crippen LogP contribution in [0.2, 0.25) is 0 Å². The molecule has 1 fully saturated rings. The molecule has 2 unspecified atom stereocenters. The molecule has 158 valence electrons. The fourth-order valence-corrected chi connectivity index (χ4v) is 4.17. The van der Waals surface area contributed by atoms with E-state index in [4.69, 9.17) is 9.47 Å². The average Bonchev–Trinajstić information content (AvgIpc) is 2.76. The average molecular weight is 416 g/mol. The van der Waals surface area contributed by atoms with Crippen molar-refractivity contribution >= 4 is 23.9 Å². The van der Waals surface area contributed by atoms with Crippen molar-refractivity contribution in [3.05, 3.63) is 30.3 Å². The summed E-state index contributed by atoms with van der Waals surface area (Å²) in [4.78, 5) is 17.2. The third kappa shape index (κ3) is 9.62. The lowest BCUT2D eigenvalue weighted by molar-refractivity contribution is -0.162. The number of carbonyl (C=O) groups excluding carboxylic acids is 1. The molecule has 0 N–H and O–H groups in total. The second-order valence-electron chi connectivity index (χ2n) is 7.13. The van der Waals surface area contributed by atoms with E-state index in [0.717, 1.165) is 45.1 Å². The number of hydrogen-bond acceptors (Lipinski definition) is 4. The van der Waals surface area contributed by atoms with E-state index in [1.807, 2.05) is 32.0 Å². The Morgan fingerprint density at radius 1 is 1.31 bits per heavy atom. The maximum Gasteiger partial charge on any atom is 0.249 e. The smallest absolute Gasteiger partial charge is 0.249 e. The number of aliphatic imine (C=N–C) groups is 1. The Morgan fingerprint density at radius 3 is 2.79 bits per heavy atom. The molecule has 0 radical (unpaired) electrons. The van der Waals surface area contributed by atoms with Crippen LogP contribution in [0, 0.1) is 17.8 Å². The van der Waals surface area contributed by atoms with Crippen molar-refractivity contribution in [1.82, 2.24) is 0 Å². The van der Waals surface area contributed by atoms with E-state index in [9.17, 15) is 4.79 Å². The van der Waals surface area contributed by atoms with Gasteiger partial charge >= 0.3 is 0 Å². The highest BCUT2D eigenvalue weighted by atomic mass is 32.2. The molecular weight excluding hydrogens is 382 g/mol. The van der Waals surface area contributed by atoms with Gasteiger partial charge in [0.05, 0.1) is 11.5 Å². The molecular formula is C24H33NO3S. The zero-order valence-electron chi connectivity index (χ0n) is 17.6.